The molecule has 3 nitrogen and oxygen atoms in total. The quantitative estimate of drug-likeness (QED) is 0.347. The fourth-order valence-corrected chi connectivity index (χ4v) is 0.734. The van der Waals surface area contributed by atoms with Crippen molar-refractivity contribution in [3.05, 3.63) is 0 Å². The van der Waals surface area contributed by atoms with Gasteiger partial charge in [0.15, 0.2) is 0 Å². The van der Waals surface area contributed by atoms with Crippen molar-refractivity contribution in [2.75, 3.05) is 14.1 Å². The summed E-state index contributed by atoms with van der Waals surface area (Å²) < 4.78 is 0. The first-order chi connectivity index (χ1) is 5.07. The largest absolute Gasteiger partial charge is 0.303 e. The first-order valence-electron chi connectivity index (χ1n) is 3.76. The van der Waals surface area contributed by atoms with Gasteiger partial charge in [-0.15, -0.1) is 0 Å². The van der Waals surface area contributed by atoms with Gasteiger partial charge in [0.25, 0.3) is 0 Å². The van der Waals surface area contributed by atoms with Gasteiger partial charge in [0.05, 0.1) is 0 Å². The molecule has 0 saturated carbocycles. The molecule has 0 aromatic carbocycles. The van der Waals surface area contributed by atoms with E-state index in [1.165, 1.54) is 0 Å². The van der Waals surface area contributed by atoms with Crippen molar-refractivity contribution in [1.82, 2.24) is 5.01 Å². The summed E-state index contributed by atoms with van der Waals surface area (Å²) in [5.74, 6) is 0.350. The van der Waals surface area contributed by atoms with Crippen LogP contribution in [-0.4, -0.2) is 31.1 Å². The van der Waals surface area contributed by atoms with Gasteiger partial charge in [-0.25, -0.2) is 0 Å². The van der Waals surface area contributed by atoms with Gasteiger partial charge in [0.1, 0.15) is 6.29 Å². The number of carbonyl (C=O) groups is 1. The minimum Gasteiger partial charge on any atom is -0.303 e. The van der Waals surface area contributed by atoms with Crippen LogP contribution in [0.15, 0.2) is 5.10 Å². The lowest BCUT2D eigenvalue weighted by molar-refractivity contribution is -0.106. The van der Waals surface area contributed by atoms with Crippen LogP contribution in [0.25, 0.3) is 0 Å². The molecule has 0 fully saturated rings. The number of nitrogens with zero attached hydrogens (tertiary/aromatic N) is 2. The van der Waals surface area contributed by atoms with Crippen LogP contribution < -0.4 is 0 Å². The number of hydrazone groups is 1. The summed E-state index contributed by atoms with van der Waals surface area (Å²) in [7, 11) is 3.71. The van der Waals surface area contributed by atoms with E-state index in [0.717, 1.165) is 12.0 Å². The van der Waals surface area contributed by atoms with E-state index in [0.29, 0.717) is 12.3 Å². The van der Waals surface area contributed by atoms with E-state index in [1.807, 2.05) is 27.9 Å². The summed E-state index contributed by atoms with van der Waals surface area (Å²) in [5.41, 5.74) is 0.935. The first-order valence-corrected chi connectivity index (χ1v) is 3.76. The minimum atomic E-state index is 0.350. The number of rotatable bonds is 4. The lowest BCUT2D eigenvalue weighted by atomic mass is 10.1. The van der Waals surface area contributed by atoms with Crippen molar-refractivity contribution >= 4 is 12.0 Å². The summed E-state index contributed by atoms with van der Waals surface area (Å²) in [6.45, 7) is 4.07. The Balaban J connectivity index is 4.19. The molecular formula is C8H16N2O. The lowest BCUT2D eigenvalue weighted by Gasteiger charge is -2.11. The van der Waals surface area contributed by atoms with Gasteiger partial charge in [-0.3, -0.25) is 0 Å². The predicted octanol–water partition coefficient (Wildman–Crippen LogP) is 1.15. The second-order valence-electron chi connectivity index (χ2n) is 2.96. The zero-order valence-electron chi connectivity index (χ0n) is 7.66. The van der Waals surface area contributed by atoms with Crippen LogP contribution in [0, 0.1) is 5.92 Å². The maximum absolute atomic E-state index is 10.2. The van der Waals surface area contributed by atoms with Gasteiger partial charge < -0.3 is 9.80 Å². The van der Waals surface area contributed by atoms with Crippen molar-refractivity contribution in [2.24, 2.45) is 11.0 Å². The summed E-state index contributed by atoms with van der Waals surface area (Å²) >= 11 is 0. The fourth-order valence-electron chi connectivity index (χ4n) is 0.734. The summed E-state index contributed by atoms with van der Waals surface area (Å²) in [6, 6.07) is 0. The van der Waals surface area contributed by atoms with Crippen LogP contribution in [0.4, 0.5) is 0 Å². The molecule has 0 aliphatic carbocycles. The second-order valence-corrected chi connectivity index (χ2v) is 2.96. The number of carbonyl (C=O) groups excluding carboxylic acids is 1. The Morgan fingerprint density at radius 1 is 1.55 bits per heavy atom. The van der Waals surface area contributed by atoms with Crippen LogP contribution in [-0.2, 0) is 4.79 Å². The second kappa shape index (κ2) is 4.88. The van der Waals surface area contributed by atoms with E-state index in [-0.39, 0.29) is 0 Å². The highest BCUT2D eigenvalue weighted by atomic mass is 16.1. The zero-order valence-corrected chi connectivity index (χ0v) is 7.66. The van der Waals surface area contributed by atoms with E-state index in [4.69, 9.17) is 0 Å². The first kappa shape index (κ1) is 10.1. The molecule has 0 unspecified atom stereocenters. The molecule has 64 valence electrons. The van der Waals surface area contributed by atoms with E-state index >= 15 is 0 Å². The highest BCUT2D eigenvalue weighted by Gasteiger charge is 2.04. The minimum absolute atomic E-state index is 0.350. The molecule has 0 aliphatic heterocycles. The van der Waals surface area contributed by atoms with E-state index in [9.17, 15) is 4.79 Å². The Morgan fingerprint density at radius 3 is 2.36 bits per heavy atom. The van der Waals surface area contributed by atoms with Gasteiger partial charge >= 0.3 is 0 Å². The Bertz CT molecular complexity index is 150. The summed E-state index contributed by atoms with van der Waals surface area (Å²) in [5, 5.41) is 5.91. The number of hydrogen-bond donors (Lipinski definition) is 0. The van der Waals surface area contributed by atoms with E-state index < -0.39 is 0 Å². The molecule has 0 amide bonds. The van der Waals surface area contributed by atoms with Gasteiger partial charge in [-0.05, 0) is 5.92 Å². The van der Waals surface area contributed by atoms with Crippen molar-refractivity contribution in [3.8, 4) is 0 Å². The van der Waals surface area contributed by atoms with Crippen molar-refractivity contribution < 1.29 is 4.79 Å². The highest BCUT2D eigenvalue weighted by molar-refractivity contribution is 5.95. The van der Waals surface area contributed by atoms with Gasteiger partial charge in [-0.1, -0.05) is 13.8 Å². The van der Waals surface area contributed by atoms with Crippen LogP contribution >= 0.6 is 0 Å². The molecule has 0 atom stereocenters. The van der Waals surface area contributed by atoms with Gasteiger partial charge in [0.2, 0.25) is 0 Å². The molecule has 3 heteroatoms. The van der Waals surface area contributed by atoms with Crippen molar-refractivity contribution in [2.45, 2.75) is 20.3 Å². The monoisotopic (exact) mass is 156 g/mol. The Labute approximate surface area is 68.1 Å². The summed E-state index contributed by atoms with van der Waals surface area (Å²) in [6.07, 6.45) is 1.33. The molecule has 0 aliphatic rings. The van der Waals surface area contributed by atoms with Crippen LogP contribution in [0.2, 0.25) is 0 Å². The molecule has 0 aromatic heterocycles. The maximum Gasteiger partial charge on any atom is 0.125 e. The van der Waals surface area contributed by atoms with Gasteiger partial charge in [0, 0.05) is 26.2 Å². The van der Waals surface area contributed by atoms with Crippen LogP contribution in [0.5, 0.6) is 0 Å². The Hall–Kier alpha value is -0.860. The third-order valence-electron chi connectivity index (χ3n) is 1.29. The van der Waals surface area contributed by atoms with Crippen molar-refractivity contribution in [1.29, 1.82) is 0 Å². The molecule has 0 rings (SSSR count). The molecule has 0 spiro atoms. The summed E-state index contributed by atoms with van der Waals surface area (Å²) in [4.78, 5) is 10.2. The molecule has 0 aromatic rings. The van der Waals surface area contributed by atoms with E-state index in [2.05, 4.69) is 5.10 Å². The normalized spacial score (nSPS) is 11.9. The maximum atomic E-state index is 10.2. The van der Waals surface area contributed by atoms with Crippen LogP contribution in [0.1, 0.15) is 20.3 Å². The topological polar surface area (TPSA) is 32.7 Å². The average Bonchev–Trinajstić information content (AvgIpc) is 1.86. The molecule has 0 saturated heterocycles. The van der Waals surface area contributed by atoms with E-state index in [1.54, 1.807) is 5.01 Å². The molecule has 0 N–H and O–H groups in total. The average molecular weight is 156 g/mol. The molecular weight excluding hydrogens is 140 g/mol. The molecule has 0 bridgehead atoms. The molecule has 0 radical (unpaired) electrons. The predicted molar refractivity (Wildman–Crippen MR) is 46.6 cm³/mol. The SMILES string of the molecule is CC(C)/C(CC=O)=N/N(C)C. The third kappa shape index (κ3) is 4.53. The smallest absolute Gasteiger partial charge is 0.125 e. The molecule has 0 heterocycles. The molecule has 11 heavy (non-hydrogen) atoms. The van der Waals surface area contributed by atoms with Crippen molar-refractivity contribution in [3.63, 3.8) is 0 Å². The Morgan fingerprint density at radius 2 is 2.09 bits per heavy atom. The Kier molecular flexibility index (Phi) is 4.50. The number of hydrogen-bond acceptors (Lipinski definition) is 3. The van der Waals surface area contributed by atoms with Crippen LogP contribution in [0.3, 0.4) is 0 Å². The van der Waals surface area contributed by atoms with Gasteiger partial charge in [-0.2, -0.15) is 5.10 Å². The lowest BCUT2D eigenvalue weighted by Crippen LogP contribution is -2.14. The fraction of sp³-hybridized carbons (Fsp3) is 0.750. The number of aldehydes is 1. The highest BCUT2D eigenvalue weighted by Crippen LogP contribution is 2.00. The standard InChI is InChI=1S/C8H16N2O/c1-7(2)8(5-6-11)9-10(3)4/h6-7H,5H2,1-4H3/b9-8+. The third-order valence-corrected chi connectivity index (χ3v) is 1.29. The zero-order chi connectivity index (χ0) is 8.85.